The summed E-state index contributed by atoms with van der Waals surface area (Å²) in [6, 6.07) is 15.4. The molecule has 0 unspecified atom stereocenters. The molecule has 0 N–H and O–H groups in total. The van der Waals surface area contributed by atoms with Crippen LogP contribution in [0.25, 0.3) is 27.5 Å². The van der Waals surface area contributed by atoms with Crippen LogP contribution in [0.3, 0.4) is 0 Å². The highest BCUT2D eigenvalue weighted by atomic mass is 15.1. The molecule has 0 fully saturated rings. The van der Waals surface area contributed by atoms with E-state index in [-0.39, 0.29) is 0 Å². The lowest BCUT2D eigenvalue weighted by Crippen LogP contribution is -2.06. The van der Waals surface area contributed by atoms with Crippen molar-refractivity contribution in [2.24, 2.45) is 0 Å². The summed E-state index contributed by atoms with van der Waals surface area (Å²) < 4.78 is 4.88. The summed E-state index contributed by atoms with van der Waals surface area (Å²) in [5, 5.41) is 2.70. The van der Waals surface area contributed by atoms with Crippen molar-refractivity contribution in [2.75, 3.05) is 0 Å². The number of imidazole rings is 1. The first-order valence-corrected chi connectivity index (χ1v) is 6.93. The summed E-state index contributed by atoms with van der Waals surface area (Å²) in [5.41, 5.74) is 5.65. The molecule has 2 aromatic heterocycles. The molecule has 2 heteroatoms. The summed E-state index contributed by atoms with van der Waals surface area (Å²) in [6.45, 7) is 1.14. The number of aryl methyl sites for hydroxylation is 2. The fourth-order valence-electron chi connectivity index (χ4n) is 3.64. The smallest absolute Gasteiger partial charge is 0.125 e. The van der Waals surface area contributed by atoms with E-state index < -0.39 is 0 Å². The van der Waals surface area contributed by atoms with Crippen LogP contribution in [0.4, 0.5) is 0 Å². The van der Waals surface area contributed by atoms with Crippen LogP contribution < -0.4 is 0 Å². The molecule has 0 saturated carbocycles. The van der Waals surface area contributed by atoms with E-state index in [1.807, 2.05) is 0 Å². The second kappa shape index (κ2) is 3.21. The van der Waals surface area contributed by atoms with Crippen LogP contribution in [-0.4, -0.2) is 8.97 Å². The molecule has 5 rings (SSSR count). The molecular formula is C17H14N2. The maximum atomic E-state index is 2.51. The first-order chi connectivity index (χ1) is 9.43. The molecule has 3 heterocycles. The van der Waals surface area contributed by atoms with Crippen LogP contribution in [0, 0.1) is 0 Å². The van der Waals surface area contributed by atoms with E-state index in [9.17, 15) is 0 Å². The summed E-state index contributed by atoms with van der Waals surface area (Å²) >= 11 is 0. The van der Waals surface area contributed by atoms with Gasteiger partial charge in [-0.2, -0.15) is 0 Å². The van der Waals surface area contributed by atoms with Gasteiger partial charge in [-0.1, -0.05) is 36.4 Å². The normalized spacial score (nSPS) is 14.7. The van der Waals surface area contributed by atoms with Crippen LogP contribution in [0.5, 0.6) is 0 Å². The van der Waals surface area contributed by atoms with Crippen molar-refractivity contribution in [2.45, 2.75) is 19.4 Å². The highest BCUT2D eigenvalue weighted by molar-refractivity contribution is 6.01. The highest BCUT2D eigenvalue weighted by Crippen LogP contribution is 2.33. The van der Waals surface area contributed by atoms with Crippen molar-refractivity contribution in [1.82, 2.24) is 8.97 Å². The zero-order valence-electron chi connectivity index (χ0n) is 10.6. The topological polar surface area (TPSA) is 9.34 Å². The molecule has 0 amide bonds. The Morgan fingerprint density at radius 1 is 0.947 bits per heavy atom. The molecule has 19 heavy (non-hydrogen) atoms. The van der Waals surface area contributed by atoms with Gasteiger partial charge in [0, 0.05) is 23.5 Å². The molecule has 2 aromatic carbocycles. The van der Waals surface area contributed by atoms with Gasteiger partial charge >= 0.3 is 0 Å². The third-order valence-corrected chi connectivity index (χ3v) is 4.41. The van der Waals surface area contributed by atoms with E-state index in [1.54, 1.807) is 0 Å². The van der Waals surface area contributed by atoms with Crippen molar-refractivity contribution in [3.63, 3.8) is 0 Å². The van der Waals surface area contributed by atoms with Gasteiger partial charge in [-0.25, -0.2) is 0 Å². The zero-order valence-corrected chi connectivity index (χ0v) is 10.6. The summed E-state index contributed by atoms with van der Waals surface area (Å²) in [4.78, 5) is 0. The lowest BCUT2D eigenvalue weighted by Gasteiger charge is -2.15. The van der Waals surface area contributed by atoms with Gasteiger partial charge in [0.2, 0.25) is 0 Å². The van der Waals surface area contributed by atoms with Crippen LogP contribution in [0.15, 0.2) is 48.7 Å². The minimum Gasteiger partial charge on any atom is -0.325 e. The third-order valence-electron chi connectivity index (χ3n) is 4.41. The van der Waals surface area contributed by atoms with Gasteiger partial charge in [-0.15, -0.1) is 0 Å². The summed E-state index contributed by atoms with van der Waals surface area (Å²) in [5.74, 6) is 0. The molecule has 1 aliphatic heterocycles. The SMILES string of the molecule is c1ccc2c(c1)cn1c3cccc4c3n(c21)CCC4. The van der Waals surface area contributed by atoms with Crippen molar-refractivity contribution in [3.05, 3.63) is 54.2 Å². The van der Waals surface area contributed by atoms with Crippen LogP contribution in [-0.2, 0) is 13.0 Å². The van der Waals surface area contributed by atoms with Gasteiger partial charge in [0.05, 0.1) is 11.0 Å². The van der Waals surface area contributed by atoms with Crippen LogP contribution in [0.2, 0.25) is 0 Å². The Kier molecular flexibility index (Phi) is 1.63. The fraction of sp³-hybridized carbons (Fsp3) is 0.176. The largest absolute Gasteiger partial charge is 0.325 e. The molecule has 0 saturated heterocycles. The Morgan fingerprint density at radius 2 is 1.89 bits per heavy atom. The molecule has 2 nitrogen and oxygen atoms in total. The molecule has 1 aliphatic rings. The third kappa shape index (κ3) is 1.08. The molecule has 0 bridgehead atoms. The predicted molar refractivity (Wildman–Crippen MR) is 78.7 cm³/mol. The Hall–Kier alpha value is -2.22. The van der Waals surface area contributed by atoms with Crippen molar-refractivity contribution >= 4 is 27.5 Å². The van der Waals surface area contributed by atoms with Crippen molar-refractivity contribution in [1.29, 1.82) is 0 Å². The second-order valence-corrected chi connectivity index (χ2v) is 5.45. The Bertz CT molecular complexity index is 940. The number of aromatic nitrogens is 2. The van der Waals surface area contributed by atoms with Gasteiger partial charge in [0.1, 0.15) is 5.65 Å². The molecule has 0 radical (unpaired) electrons. The summed E-state index contributed by atoms with van der Waals surface area (Å²) in [6.07, 6.45) is 4.73. The molecule has 4 aromatic rings. The van der Waals surface area contributed by atoms with E-state index in [4.69, 9.17) is 0 Å². The number of hydrogen-bond acceptors (Lipinski definition) is 0. The van der Waals surface area contributed by atoms with E-state index in [0.29, 0.717) is 0 Å². The fourth-order valence-corrected chi connectivity index (χ4v) is 3.64. The Morgan fingerprint density at radius 3 is 2.89 bits per heavy atom. The van der Waals surface area contributed by atoms with Gasteiger partial charge < -0.3 is 4.57 Å². The number of fused-ring (bicyclic) bond motifs is 5. The number of rotatable bonds is 0. The Labute approximate surface area is 110 Å². The first kappa shape index (κ1) is 9.68. The monoisotopic (exact) mass is 246 g/mol. The summed E-state index contributed by atoms with van der Waals surface area (Å²) in [7, 11) is 0. The van der Waals surface area contributed by atoms with Gasteiger partial charge in [-0.05, 0) is 24.5 Å². The molecule has 0 atom stereocenters. The zero-order chi connectivity index (χ0) is 12.4. The minimum atomic E-state index is 1.14. The average molecular weight is 246 g/mol. The van der Waals surface area contributed by atoms with E-state index in [1.165, 1.54) is 45.9 Å². The van der Waals surface area contributed by atoms with Crippen molar-refractivity contribution in [3.8, 4) is 0 Å². The molecular weight excluding hydrogens is 232 g/mol. The number of hydrogen-bond donors (Lipinski definition) is 0. The second-order valence-electron chi connectivity index (χ2n) is 5.45. The number of para-hydroxylation sites is 1. The standard InChI is InChI=1S/C17H14N2/c1-2-8-14-13(5-1)11-19-15-9-3-6-12-7-4-10-18(16(12)15)17(14)19/h1-3,5-6,8-9,11H,4,7,10H2. The maximum absolute atomic E-state index is 2.51. The van der Waals surface area contributed by atoms with E-state index in [0.717, 1.165) is 6.54 Å². The van der Waals surface area contributed by atoms with Gasteiger partial charge in [0.15, 0.2) is 0 Å². The minimum absolute atomic E-state index is 1.14. The first-order valence-electron chi connectivity index (χ1n) is 6.93. The van der Waals surface area contributed by atoms with Crippen LogP contribution in [0.1, 0.15) is 12.0 Å². The molecule has 0 aliphatic carbocycles. The van der Waals surface area contributed by atoms with E-state index >= 15 is 0 Å². The number of nitrogens with zero attached hydrogens (tertiary/aromatic N) is 2. The van der Waals surface area contributed by atoms with Crippen molar-refractivity contribution < 1.29 is 0 Å². The predicted octanol–water partition coefficient (Wildman–Crippen LogP) is 3.99. The quantitative estimate of drug-likeness (QED) is 0.444. The lowest BCUT2D eigenvalue weighted by molar-refractivity contribution is 0.649. The van der Waals surface area contributed by atoms with Gasteiger partial charge in [0.25, 0.3) is 0 Å². The molecule has 0 spiro atoms. The van der Waals surface area contributed by atoms with Gasteiger partial charge in [-0.3, -0.25) is 4.40 Å². The highest BCUT2D eigenvalue weighted by Gasteiger charge is 2.19. The van der Waals surface area contributed by atoms with Crippen LogP contribution >= 0.6 is 0 Å². The number of benzene rings is 2. The molecule has 92 valence electrons. The average Bonchev–Trinajstić information content (AvgIpc) is 2.98. The lowest BCUT2D eigenvalue weighted by atomic mass is 10.0. The maximum Gasteiger partial charge on any atom is 0.125 e. The Balaban J connectivity index is 2.15. The van der Waals surface area contributed by atoms with E-state index in [2.05, 4.69) is 57.6 Å².